The molecule has 0 spiro atoms. The second-order valence-corrected chi connectivity index (χ2v) is 6.53. The number of urea groups is 1. The summed E-state index contributed by atoms with van der Waals surface area (Å²) in [5.41, 5.74) is 0.858. The van der Waals surface area contributed by atoms with Gasteiger partial charge in [-0.3, -0.25) is 14.9 Å². The van der Waals surface area contributed by atoms with E-state index in [-0.39, 0.29) is 11.8 Å². The first kappa shape index (κ1) is 20.7. The molecule has 2 N–H and O–H groups in total. The Kier molecular flexibility index (Phi) is 8.67. The van der Waals surface area contributed by atoms with E-state index in [1.165, 1.54) is 0 Å². The molecule has 0 unspecified atom stereocenters. The van der Waals surface area contributed by atoms with Gasteiger partial charge in [0.25, 0.3) is 5.91 Å². The van der Waals surface area contributed by atoms with E-state index in [4.69, 9.17) is 4.74 Å². The van der Waals surface area contributed by atoms with Gasteiger partial charge in [0.2, 0.25) is 0 Å². The van der Waals surface area contributed by atoms with Crippen LogP contribution in [0.25, 0.3) is 0 Å². The lowest BCUT2D eigenvalue weighted by Gasteiger charge is -2.21. The lowest BCUT2D eigenvalue weighted by molar-refractivity contribution is -0.151. The third-order valence-corrected chi connectivity index (χ3v) is 3.89. The average molecular weight is 348 g/mol. The van der Waals surface area contributed by atoms with Crippen molar-refractivity contribution >= 4 is 17.9 Å². The van der Waals surface area contributed by atoms with Crippen LogP contribution >= 0.6 is 0 Å². The van der Waals surface area contributed by atoms with E-state index >= 15 is 0 Å². The number of rotatable bonds is 8. The number of hydrogen-bond acceptors (Lipinski definition) is 4. The molecule has 1 aromatic rings. The summed E-state index contributed by atoms with van der Waals surface area (Å²) < 4.78 is 5.14. The van der Waals surface area contributed by atoms with Crippen molar-refractivity contribution in [2.24, 2.45) is 11.8 Å². The molecule has 6 heteroatoms. The molecule has 0 heterocycles. The Morgan fingerprint density at radius 2 is 1.72 bits per heavy atom. The van der Waals surface area contributed by atoms with Gasteiger partial charge in [-0.1, -0.05) is 64.4 Å². The van der Waals surface area contributed by atoms with Crippen molar-refractivity contribution in [3.63, 3.8) is 0 Å². The van der Waals surface area contributed by atoms with Crippen molar-refractivity contribution < 1.29 is 19.1 Å². The number of ether oxygens (including phenoxy) is 1. The minimum Gasteiger partial charge on any atom is -0.455 e. The molecular weight excluding hydrogens is 320 g/mol. The minimum atomic E-state index is -0.648. The molecule has 0 saturated heterocycles. The van der Waals surface area contributed by atoms with Crippen LogP contribution < -0.4 is 10.6 Å². The lowest BCUT2D eigenvalue weighted by atomic mass is 9.86. The molecule has 0 fully saturated rings. The maximum absolute atomic E-state index is 12.4. The van der Waals surface area contributed by atoms with Crippen molar-refractivity contribution in [2.45, 2.75) is 40.0 Å². The van der Waals surface area contributed by atoms with Crippen molar-refractivity contribution in [1.29, 1.82) is 0 Å². The van der Waals surface area contributed by atoms with Crippen molar-refractivity contribution in [3.05, 3.63) is 35.9 Å². The largest absolute Gasteiger partial charge is 0.455 e. The van der Waals surface area contributed by atoms with Crippen LogP contribution in [0.5, 0.6) is 0 Å². The van der Waals surface area contributed by atoms with Crippen LogP contribution in [-0.4, -0.2) is 31.1 Å². The highest BCUT2D eigenvalue weighted by molar-refractivity contribution is 5.95. The molecule has 2 atom stereocenters. The van der Waals surface area contributed by atoms with Crippen molar-refractivity contribution in [3.8, 4) is 0 Å². The van der Waals surface area contributed by atoms with Gasteiger partial charge in [-0.25, -0.2) is 4.79 Å². The zero-order chi connectivity index (χ0) is 18.8. The fraction of sp³-hybridized carbons (Fsp3) is 0.526. The first-order chi connectivity index (χ1) is 11.8. The van der Waals surface area contributed by atoms with Gasteiger partial charge < -0.3 is 10.1 Å². The second kappa shape index (κ2) is 10.5. The van der Waals surface area contributed by atoms with E-state index in [0.717, 1.165) is 12.0 Å². The van der Waals surface area contributed by atoms with Crippen LogP contribution in [-0.2, 0) is 14.3 Å². The van der Waals surface area contributed by atoms with Crippen LogP contribution in [0.15, 0.2) is 30.3 Å². The fourth-order valence-electron chi connectivity index (χ4n) is 2.32. The van der Waals surface area contributed by atoms with E-state index in [1.54, 1.807) is 0 Å². The molecule has 0 aromatic heterocycles. The Morgan fingerprint density at radius 3 is 2.28 bits per heavy atom. The zero-order valence-corrected chi connectivity index (χ0v) is 15.4. The number of benzene rings is 1. The van der Waals surface area contributed by atoms with Crippen LogP contribution in [0.4, 0.5) is 4.79 Å². The summed E-state index contributed by atoms with van der Waals surface area (Å²) in [6, 6.07) is 8.77. The first-order valence-electron chi connectivity index (χ1n) is 8.64. The molecule has 3 amide bonds. The summed E-state index contributed by atoms with van der Waals surface area (Å²) in [5.74, 6) is -1.19. The van der Waals surface area contributed by atoms with Gasteiger partial charge in [-0.2, -0.15) is 0 Å². The van der Waals surface area contributed by atoms with Gasteiger partial charge in [0.05, 0.1) is 5.92 Å². The average Bonchev–Trinajstić information content (AvgIpc) is 2.59. The van der Waals surface area contributed by atoms with E-state index in [1.807, 2.05) is 58.0 Å². The predicted molar refractivity (Wildman–Crippen MR) is 96.0 cm³/mol. The van der Waals surface area contributed by atoms with Crippen LogP contribution in [0, 0.1) is 11.8 Å². The normalized spacial score (nSPS) is 13.0. The summed E-state index contributed by atoms with van der Waals surface area (Å²) in [6.45, 7) is 7.85. The Bertz CT molecular complexity index is 572. The molecule has 1 rings (SSSR count). The monoisotopic (exact) mass is 348 g/mol. The van der Waals surface area contributed by atoms with Gasteiger partial charge in [0, 0.05) is 6.54 Å². The zero-order valence-electron chi connectivity index (χ0n) is 15.4. The number of carbonyl (C=O) groups excluding carboxylic acids is 3. The number of esters is 1. The van der Waals surface area contributed by atoms with Crippen LogP contribution in [0.2, 0.25) is 0 Å². The molecule has 0 aliphatic heterocycles. The Labute approximate surface area is 149 Å². The smallest absolute Gasteiger partial charge is 0.321 e. The Hall–Kier alpha value is -2.37. The number of imide groups is 1. The van der Waals surface area contributed by atoms with Crippen molar-refractivity contribution in [1.82, 2.24) is 10.6 Å². The van der Waals surface area contributed by atoms with E-state index < -0.39 is 30.4 Å². The third kappa shape index (κ3) is 7.37. The van der Waals surface area contributed by atoms with Gasteiger partial charge in [0.1, 0.15) is 0 Å². The second-order valence-electron chi connectivity index (χ2n) is 6.53. The number of amides is 3. The summed E-state index contributed by atoms with van der Waals surface area (Å²) in [6.07, 6.45) is 0.804. The Morgan fingerprint density at radius 1 is 1.08 bits per heavy atom. The fourth-order valence-corrected chi connectivity index (χ4v) is 2.32. The maximum atomic E-state index is 12.4. The van der Waals surface area contributed by atoms with Crippen LogP contribution in [0.1, 0.15) is 45.6 Å². The molecule has 0 saturated carbocycles. The lowest BCUT2D eigenvalue weighted by Crippen LogP contribution is -2.42. The predicted octanol–water partition coefficient (Wildman–Crippen LogP) is 2.84. The summed E-state index contributed by atoms with van der Waals surface area (Å²) in [4.78, 5) is 35.7. The van der Waals surface area contributed by atoms with E-state index in [9.17, 15) is 14.4 Å². The van der Waals surface area contributed by atoms with Gasteiger partial charge in [0.15, 0.2) is 6.61 Å². The Balaban J connectivity index is 2.57. The van der Waals surface area contributed by atoms with Crippen molar-refractivity contribution in [2.75, 3.05) is 13.2 Å². The maximum Gasteiger partial charge on any atom is 0.321 e. The number of nitrogens with one attached hydrogen (secondary N) is 2. The van der Waals surface area contributed by atoms with Gasteiger partial charge in [-0.05, 0) is 17.4 Å². The van der Waals surface area contributed by atoms with Crippen LogP contribution in [0.3, 0.4) is 0 Å². The SMILES string of the molecule is CC[C@H](C)[C@H](C(=O)OCC(=O)NC(=O)NCC(C)C)c1ccccc1. The van der Waals surface area contributed by atoms with Gasteiger partial charge in [-0.15, -0.1) is 0 Å². The molecule has 0 radical (unpaired) electrons. The topological polar surface area (TPSA) is 84.5 Å². The standard InChI is InChI=1S/C19H28N2O4/c1-5-14(4)17(15-9-7-6-8-10-15)18(23)25-12-16(22)21-19(24)20-11-13(2)3/h6-10,13-14,17H,5,11-12H2,1-4H3,(H2,20,21,22,24)/t14-,17-/m0/s1. The number of hydrogen-bond donors (Lipinski definition) is 2. The molecule has 138 valence electrons. The van der Waals surface area contributed by atoms with E-state index in [2.05, 4.69) is 10.6 Å². The molecular formula is C19H28N2O4. The molecule has 0 aliphatic carbocycles. The molecule has 1 aromatic carbocycles. The highest BCUT2D eigenvalue weighted by Gasteiger charge is 2.27. The molecule has 6 nitrogen and oxygen atoms in total. The minimum absolute atomic E-state index is 0.0762. The van der Waals surface area contributed by atoms with E-state index in [0.29, 0.717) is 6.54 Å². The highest BCUT2D eigenvalue weighted by atomic mass is 16.5. The molecule has 25 heavy (non-hydrogen) atoms. The summed E-state index contributed by atoms with van der Waals surface area (Å²) in [7, 11) is 0. The highest BCUT2D eigenvalue weighted by Crippen LogP contribution is 2.28. The molecule has 0 aliphatic rings. The summed E-state index contributed by atoms with van der Waals surface area (Å²) >= 11 is 0. The summed E-state index contributed by atoms with van der Waals surface area (Å²) in [5, 5.41) is 4.71. The number of carbonyl (C=O) groups is 3. The molecule has 0 bridgehead atoms. The van der Waals surface area contributed by atoms with Gasteiger partial charge >= 0.3 is 12.0 Å². The quantitative estimate of drug-likeness (QED) is 0.708. The first-order valence-corrected chi connectivity index (χ1v) is 8.64. The third-order valence-electron chi connectivity index (χ3n) is 3.89.